The molecule has 0 atom stereocenters. The number of aryl methyl sites for hydroxylation is 1. The van der Waals surface area contributed by atoms with Crippen LogP contribution in [0.5, 0.6) is 5.75 Å². The number of ether oxygens (including phenoxy) is 1. The van der Waals surface area contributed by atoms with Gasteiger partial charge < -0.3 is 10.1 Å². The zero-order valence-electron chi connectivity index (χ0n) is 11.7. The smallest absolute Gasteiger partial charge is 0.387 e. The normalized spacial score (nSPS) is 10.4. The Bertz CT molecular complexity index is 684. The Morgan fingerprint density at radius 1 is 1.05 bits per heavy atom. The number of carbonyl (C=O) groups excluding carboxylic acids is 2. The van der Waals surface area contributed by atoms with Crippen LogP contribution in [0.15, 0.2) is 48.5 Å². The van der Waals surface area contributed by atoms with E-state index in [1.807, 2.05) is 6.92 Å². The van der Waals surface area contributed by atoms with Gasteiger partial charge in [-0.2, -0.15) is 8.78 Å². The average Bonchev–Trinajstić information content (AvgIpc) is 2.48. The van der Waals surface area contributed by atoms with E-state index in [4.69, 9.17) is 0 Å². The predicted molar refractivity (Wildman–Crippen MR) is 77.2 cm³/mol. The predicted octanol–water partition coefficient (Wildman–Crippen LogP) is 3.42. The molecule has 114 valence electrons. The van der Waals surface area contributed by atoms with Gasteiger partial charge in [-0.05, 0) is 19.1 Å². The molecule has 2 aromatic rings. The molecule has 0 heterocycles. The van der Waals surface area contributed by atoms with Gasteiger partial charge in [0, 0.05) is 5.56 Å². The number of para-hydroxylation sites is 2. The second kappa shape index (κ2) is 6.80. The first-order chi connectivity index (χ1) is 10.5. The Labute approximate surface area is 125 Å². The second-order valence-electron chi connectivity index (χ2n) is 4.52. The van der Waals surface area contributed by atoms with Crippen molar-refractivity contribution in [2.75, 3.05) is 5.32 Å². The van der Waals surface area contributed by atoms with Gasteiger partial charge in [0.1, 0.15) is 5.75 Å². The van der Waals surface area contributed by atoms with Crippen LogP contribution in [0, 0.1) is 6.92 Å². The molecule has 0 aliphatic carbocycles. The summed E-state index contributed by atoms with van der Waals surface area (Å²) in [5, 5.41) is 2.28. The van der Waals surface area contributed by atoms with Crippen molar-refractivity contribution in [1.82, 2.24) is 0 Å². The Balaban J connectivity index is 2.15. The SMILES string of the molecule is Cc1ccc(C(=O)C(=O)Nc2ccccc2OC(F)F)cc1. The summed E-state index contributed by atoms with van der Waals surface area (Å²) in [7, 11) is 0. The molecule has 0 saturated carbocycles. The van der Waals surface area contributed by atoms with Gasteiger partial charge in [0.15, 0.2) is 0 Å². The lowest BCUT2D eigenvalue weighted by Gasteiger charge is -2.11. The number of carbonyl (C=O) groups is 2. The van der Waals surface area contributed by atoms with Crippen molar-refractivity contribution in [2.45, 2.75) is 13.5 Å². The molecule has 0 aliphatic rings. The van der Waals surface area contributed by atoms with Crippen LogP contribution in [0.4, 0.5) is 14.5 Å². The molecule has 0 aromatic heterocycles. The van der Waals surface area contributed by atoms with Gasteiger partial charge in [-0.3, -0.25) is 9.59 Å². The van der Waals surface area contributed by atoms with Gasteiger partial charge in [-0.15, -0.1) is 0 Å². The summed E-state index contributed by atoms with van der Waals surface area (Å²) >= 11 is 0. The standard InChI is InChI=1S/C16H13F2NO3/c1-10-6-8-11(9-7-10)14(20)15(21)19-12-4-2-3-5-13(12)22-16(17)18/h2-9,16H,1H3,(H,19,21). The lowest BCUT2D eigenvalue weighted by Crippen LogP contribution is -2.23. The van der Waals surface area contributed by atoms with Crippen molar-refractivity contribution in [3.05, 3.63) is 59.7 Å². The molecule has 0 unspecified atom stereocenters. The molecule has 0 saturated heterocycles. The largest absolute Gasteiger partial charge is 0.433 e. The Morgan fingerprint density at radius 3 is 2.32 bits per heavy atom. The van der Waals surface area contributed by atoms with Crippen LogP contribution in [-0.2, 0) is 4.79 Å². The van der Waals surface area contributed by atoms with Crippen molar-refractivity contribution >= 4 is 17.4 Å². The van der Waals surface area contributed by atoms with Crippen molar-refractivity contribution in [2.24, 2.45) is 0 Å². The van der Waals surface area contributed by atoms with Crippen molar-refractivity contribution in [3.8, 4) is 5.75 Å². The molecule has 0 bridgehead atoms. The third-order valence-electron chi connectivity index (χ3n) is 2.87. The maximum atomic E-state index is 12.3. The Morgan fingerprint density at radius 2 is 1.68 bits per heavy atom. The number of alkyl halides is 2. The van der Waals surface area contributed by atoms with Gasteiger partial charge in [-0.1, -0.05) is 42.0 Å². The first-order valence-electron chi connectivity index (χ1n) is 6.43. The second-order valence-corrected chi connectivity index (χ2v) is 4.52. The van der Waals surface area contributed by atoms with E-state index in [0.29, 0.717) is 0 Å². The number of Topliss-reactive ketones (excluding diaryl/α,β-unsaturated/α-hetero) is 1. The molecule has 1 amide bonds. The van der Waals surface area contributed by atoms with E-state index in [1.54, 1.807) is 12.1 Å². The van der Waals surface area contributed by atoms with Crippen LogP contribution in [-0.4, -0.2) is 18.3 Å². The number of hydrogen-bond donors (Lipinski definition) is 1. The molecule has 0 spiro atoms. The van der Waals surface area contributed by atoms with Crippen LogP contribution >= 0.6 is 0 Å². The van der Waals surface area contributed by atoms with Crippen molar-refractivity contribution < 1.29 is 23.1 Å². The molecule has 2 rings (SSSR count). The van der Waals surface area contributed by atoms with Gasteiger partial charge in [0.2, 0.25) is 0 Å². The highest BCUT2D eigenvalue weighted by Crippen LogP contribution is 2.25. The van der Waals surface area contributed by atoms with Gasteiger partial charge in [0.25, 0.3) is 11.7 Å². The van der Waals surface area contributed by atoms with Crippen LogP contribution < -0.4 is 10.1 Å². The summed E-state index contributed by atoms with van der Waals surface area (Å²) in [6.07, 6.45) is 0. The maximum absolute atomic E-state index is 12.3. The van der Waals surface area contributed by atoms with Gasteiger partial charge in [0.05, 0.1) is 5.69 Å². The highest BCUT2D eigenvalue weighted by atomic mass is 19.3. The Kier molecular flexibility index (Phi) is 4.83. The zero-order valence-corrected chi connectivity index (χ0v) is 11.7. The number of nitrogens with one attached hydrogen (secondary N) is 1. The minimum absolute atomic E-state index is 0.00765. The van der Waals surface area contributed by atoms with E-state index in [-0.39, 0.29) is 17.0 Å². The third kappa shape index (κ3) is 3.88. The van der Waals surface area contributed by atoms with E-state index >= 15 is 0 Å². The molecule has 0 radical (unpaired) electrons. The minimum Gasteiger partial charge on any atom is -0.433 e. The van der Waals surface area contributed by atoms with Crippen LogP contribution in [0.25, 0.3) is 0 Å². The van der Waals surface area contributed by atoms with Crippen LogP contribution in [0.3, 0.4) is 0 Å². The fourth-order valence-corrected chi connectivity index (χ4v) is 1.78. The number of amides is 1. The number of benzene rings is 2. The fourth-order valence-electron chi connectivity index (χ4n) is 1.78. The first kappa shape index (κ1) is 15.6. The monoisotopic (exact) mass is 305 g/mol. The number of anilines is 1. The number of ketones is 1. The van der Waals surface area contributed by atoms with Crippen LogP contribution in [0.1, 0.15) is 15.9 Å². The fraction of sp³-hybridized carbons (Fsp3) is 0.125. The van der Waals surface area contributed by atoms with E-state index in [9.17, 15) is 18.4 Å². The van der Waals surface area contributed by atoms with Crippen LogP contribution in [0.2, 0.25) is 0 Å². The summed E-state index contributed by atoms with van der Waals surface area (Å²) in [5.74, 6) is -1.89. The summed E-state index contributed by atoms with van der Waals surface area (Å²) in [4.78, 5) is 23.9. The van der Waals surface area contributed by atoms with Gasteiger partial charge in [-0.25, -0.2) is 0 Å². The lowest BCUT2D eigenvalue weighted by atomic mass is 10.1. The molecule has 4 nitrogen and oxygen atoms in total. The topological polar surface area (TPSA) is 55.4 Å². The third-order valence-corrected chi connectivity index (χ3v) is 2.87. The summed E-state index contributed by atoms with van der Waals surface area (Å²) in [5.41, 5.74) is 1.18. The molecular weight excluding hydrogens is 292 g/mol. The Hall–Kier alpha value is -2.76. The number of hydrogen-bond acceptors (Lipinski definition) is 3. The molecule has 6 heteroatoms. The van der Waals surface area contributed by atoms with Crippen molar-refractivity contribution in [1.29, 1.82) is 0 Å². The number of halogens is 2. The molecular formula is C16H13F2NO3. The zero-order chi connectivity index (χ0) is 16.1. The quantitative estimate of drug-likeness (QED) is 0.680. The average molecular weight is 305 g/mol. The van der Waals surface area contributed by atoms with E-state index in [2.05, 4.69) is 10.1 Å². The minimum atomic E-state index is -3.02. The number of rotatable bonds is 5. The highest BCUT2D eigenvalue weighted by Gasteiger charge is 2.18. The molecule has 0 aliphatic heterocycles. The van der Waals surface area contributed by atoms with E-state index in [1.165, 1.54) is 36.4 Å². The molecule has 0 fully saturated rings. The summed E-state index contributed by atoms with van der Waals surface area (Å²) in [6.45, 7) is -1.17. The van der Waals surface area contributed by atoms with Crippen molar-refractivity contribution in [3.63, 3.8) is 0 Å². The molecule has 1 N–H and O–H groups in total. The summed E-state index contributed by atoms with van der Waals surface area (Å²) < 4.78 is 28.9. The van der Waals surface area contributed by atoms with E-state index < -0.39 is 18.3 Å². The molecule has 2 aromatic carbocycles. The highest BCUT2D eigenvalue weighted by molar-refractivity contribution is 6.46. The van der Waals surface area contributed by atoms with Gasteiger partial charge >= 0.3 is 6.61 Å². The first-order valence-corrected chi connectivity index (χ1v) is 6.43. The lowest BCUT2D eigenvalue weighted by molar-refractivity contribution is -0.112. The van der Waals surface area contributed by atoms with E-state index in [0.717, 1.165) is 5.56 Å². The summed E-state index contributed by atoms with van der Waals surface area (Å²) in [6, 6.07) is 12.1. The molecule has 22 heavy (non-hydrogen) atoms. The maximum Gasteiger partial charge on any atom is 0.387 e.